The summed E-state index contributed by atoms with van der Waals surface area (Å²) in [4.78, 5) is 14.6. The Labute approximate surface area is 137 Å². The number of carbonyl (C=O) groups is 1. The fourth-order valence-electron chi connectivity index (χ4n) is 2.91. The van der Waals surface area contributed by atoms with Gasteiger partial charge in [0.25, 0.3) is 5.91 Å². The summed E-state index contributed by atoms with van der Waals surface area (Å²) in [5, 5.41) is 6.17. The van der Waals surface area contributed by atoms with Gasteiger partial charge in [-0.25, -0.2) is 0 Å². The number of ether oxygens (including phenoxy) is 2. The van der Waals surface area contributed by atoms with Crippen LogP contribution in [0.3, 0.4) is 0 Å². The van der Waals surface area contributed by atoms with E-state index in [1.807, 2.05) is 6.07 Å². The van der Waals surface area contributed by atoms with Crippen molar-refractivity contribution in [3.63, 3.8) is 0 Å². The Morgan fingerprint density at radius 2 is 2.00 bits per heavy atom. The van der Waals surface area contributed by atoms with Gasteiger partial charge in [0, 0.05) is 39.3 Å². The molecule has 1 amide bonds. The summed E-state index contributed by atoms with van der Waals surface area (Å²) in [6, 6.07) is 8.28. The predicted octanol–water partition coefficient (Wildman–Crippen LogP) is 0.123. The van der Waals surface area contributed by atoms with Crippen LogP contribution in [-0.4, -0.2) is 62.9 Å². The monoisotopic (exact) mass is 319 g/mol. The number of carbonyl (C=O) groups excluding carboxylic acids is 1. The second-order valence-corrected chi connectivity index (χ2v) is 5.94. The molecule has 2 N–H and O–H groups in total. The van der Waals surface area contributed by atoms with Gasteiger partial charge < -0.3 is 20.1 Å². The summed E-state index contributed by atoms with van der Waals surface area (Å²) < 4.78 is 10.9. The lowest BCUT2D eigenvalue weighted by molar-refractivity contribution is -0.134. The molecule has 1 aromatic rings. The maximum atomic E-state index is 12.2. The molecule has 2 aliphatic heterocycles. The Morgan fingerprint density at radius 3 is 2.74 bits per heavy atom. The average Bonchev–Trinajstić information content (AvgIpc) is 2.62. The quantitative estimate of drug-likeness (QED) is 0.807. The minimum absolute atomic E-state index is 0.0432. The standard InChI is InChI=1S/C17H25N3O3/c21-17(16-12-18-5-8-23-16)19-11-14-3-1-2-4-15(14)13-20-6-9-22-10-7-20/h1-4,16,18H,5-13H2,(H,19,21). The molecule has 2 aliphatic rings. The van der Waals surface area contributed by atoms with Gasteiger partial charge in [-0.2, -0.15) is 0 Å². The molecule has 0 radical (unpaired) electrons. The minimum Gasteiger partial charge on any atom is -0.379 e. The van der Waals surface area contributed by atoms with Gasteiger partial charge in [0.15, 0.2) is 0 Å². The van der Waals surface area contributed by atoms with Crippen molar-refractivity contribution in [2.45, 2.75) is 19.2 Å². The molecule has 0 spiro atoms. The molecule has 1 unspecified atom stereocenters. The van der Waals surface area contributed by atoms with Crippen molar-refractivity contribution in [1.82, 2.24) is 15.5 Å². The van der Waals surface area contributed by atoms with E-state index in [0.29, 0.717) is 19.7 Å². The SMILES string of the molecule is O=C(NCc1ccccc1CN1CCOCC1)C1CNCCO1. The number of morpholine rings is 2. The highest BCUT2D eigenvalue weighted by atomic mass is 16.5. The van der Waals surface area contributed by atoms with Gasteiger partial charge in [0.1, 0.15) is 6.10 Å². The lowest BCUT2D eigenvalue weighted by atomic mass is 10.1. The van der Waals surface area contributed by atoms with Crippen LogP contribution in [0.1, 0.15) is 11.1 Å². The lowest BCUT2D eigenvalue weighted by Crippen LogP contribution is -2.47. The average molecular weight is 319 g/mol. The summed E-state index contributed by atoms with van der Waals surface area (Å²) >= 11 is 0. The number of hydrogen-bond donors (Lipinski definition) is 2. The van der Waals surface area contributed by atoms with Crippen LogP contribution >= 0.6 is 0 Å². The third-order valence-corrected chi connectivity index (χ3v) is 4.29. The van der Waals surface area contributed by atoms with Crippen molar-refractivity contribution in [2.24, 2.45) is 0 Å². The number of nitrogens with one attached hydrogen (secondary N) is 2. The van der Waals surface area contributed by atoms with E-state index >= 15 is 0 Å². The molecule has 2 saturated heterocycles. The van der Waals surface area contributed by atoms with E-state index in [2.05, 4.69) is 33.7 Å². The first kappa shape index (κ1) is 16.4. The van der Waals surface area contributed by atoms with Crippen molar-refractivity contribution >= 4 is 5.91 Å². The molecule has 126 valence electrons. The second kappa shape index (κ2) is 8.40. The number of nitrogens with zero attached hydrogens (tertiary/aromatic N) is 1. The van der Waals surface area contributed by atoms with Crippen LogP contribution in [0.4, 0.5) is 0 Å². The fraction of sp³-hybridized carbons (Fsp3) is 0.588. The largest absolute Gasteiger partial charge is 0.379 e. The zero-order valence-electron chi connectivity index (χ0n) is 13.4. The van der Waals surface area contributed by atoms with Gasteiger partial charge in [-0.1, -0.05) is 24.3 Å². The maximum Gasteiger partial charge on any atom is 0.250 e. The Morgan fingerprint density at radius 1 is 1.22 bits per heavy atom. The summed E-state index contributed by atoms with van der Waals surface area (Å²) in [5.74, 6) is -0.0432. The summed E-state index contributed by atoms with van der Waals surface area (Å²) in [5.41, 5.74) is 2.42. The summed E-state index contributed by atoms with van der Waals surface area (Å²) in [6.07, 6.45) is -0.379. The van der Waals surface area contributed by atoms with E-state index in [4.69, 9.17) is 9.47 Å². The second-order valence-electron chi connectivity index (χ2n) is 5.94. The minimum atomic E-state index is -0.379. The number of hydrogen-bond acceptors (Lipinski definition) is 5. The van der Waals surface area contributed by atoms with E-state index in [0.717, 1.165) is 45.0 Å². The molecule has 1 atom stereocenters. The maximum absolute atomic E-state index is 12.2. The van der Waals surface area contributed by atoms with Crippen LogP contribution in [0.2, 0.25) is 0 Å². The normalized spacial score (nSPS) is 22.7. The van der Waals surface area contributed by atoms with Crippen molar-refractivity contribution in [3.05, 3.63) is 35.4 Å². The molecular weight excluding hydrogens is 294 g/mol. The zero-order chi connectivity index (χ0) is 15.9. The Hall–Kier alpha value is -1.47. The van der Waals surface area contributed by atoms with Crippen molar-refractivity contribution in [1.29, 1.82) is 0 Å². The fourth-order valence-corrected chi connectivity index (χ4v) is 2.91. The van der Waals surface area contributed by atoms with Crippen LogP contribution in [0.5, 0.6) is 0 Å². The van der Waals surface area contributed by atoms with Gasteiger partial charge in [-0.05, 0) is 11.1 Å². The first-order valence-electron chi connectivity index (χ1n) is 8.30. The third-order valence-electron chi connectivity index (χ3n) is 4.29. The third kappa shape index (κ3) is 4.75. The Balaban J connectivity index is 1.55. The van der Waals surface area contributed by atoms with Gasteiger partial charge >= 0.3 is 0 Å². The van der Waals surface area contributed by atoms with E-state index in [-0.39, 0.29) is 12.0 Å². The van der Waals surface area contributed by atoms with Crippen molar-refractivity contribution in [2.75, 3.05) is 46.0 Å². The molecule has 2 fully saturated rings. The molecule has 0 saturated carbocycles. The molecule has 6 heteroatoms. The van der Waals surface area contributed by atoms with Gasteiger partial charge in [0.05, 0.1) is 19.8 Å². The van der Waals surface area contributed by atoms with Crippen molar-refractivity contribution in [3.8, 4) is 0 Å². The molecule has 0 aromatic heterocycles. The predicted molar refractivity (Wildman–Crippen MR) is 87.0 cm³/mol. The number of rotatable bonds is 5. The molecule has 0 bridgehead atoms. The van der Waals surface area contributed by atoms with Crippen LogP contribution in [0, 0.1) is 0 Å². The van der Waals surface area contributed by atoms with E-state index in [9.17, 15) is 4.79 Å². The molecule has 0 aliphatic carbocycles. The van der Waals surface area contributed by atoms with E-state index in [1.165, 1.54) is 5.56 Å². The van der Waals surface area contributed by atoms with Gasteiger partial charge in [-0.15, -0.1) is 0 Å². The molecule has 23 heavy (non-hydrogen) atoms. The van der Waals surface area contributed by atoms with Gasteiger partial charge in [-0.3, -0.25) is 9.69 Å². The Bertz CT molecular complexity index is 512. The summed E-state index contributed by atoms with van der Waals surface area (Å²) in [6.45, 7) is 6.94. The zero-order valence-corrected chi connectivity index (χ0v) is 13.4. The van der Waals surface area contributed by atoms with Crippen molar-refractivity contribution < 1.29 is 14.3 Å². The molecule has 3 rings (SSSR count). The smallest absolute Gasteiger partial charge is 0.250 e. The lowest BCUT2D eigenvalue weighted by Gasteiger charge is -2.27. The number of amides is 1. The van der Waals surface area contributed by atoms with Crippen LogP contribution in [0.15, 0.2) is 24.3 Å². The Kier molecular flexibility index (Phi) is 5.99. The summed E-state index contributed by atoms with van der Waals surface area (Å²) in [7, 11) is 0. The highest BCUT2D eigenvalue weighted by Gasteiger charge is 2.21. The van der Waals surface area contributed by atoms with Crippen LogP contribution in [0.25, 0.3) is 0 Å². The molecular formula is C17H25N3O3. The number of benzene rings is 1. The first-order valence-corrected chi connectivity index (χ1v) is 8.30. The highest BCUT2D eigenvalue weighted by Crippen LogP contribution is 2.13. The van der Waals surface area contributed by atoms with Crippen LogP contribution in [-0.2, 0) is 27.4 Å². The van der Waals surface area contributed by atoms with E-state index in [1.54, 1.807) is 0 Å². The highest BCUT2D eigenvalue weighted by molar-refractivity contribution is 5.81. The van der Waals surface area contributed by atoms with Crippen LogP contribution < -0.4 is 10.6 Å². The van der Waals surface area contributed by atoms with Gasteiger partial charge in [0.2, 0.25) is 0 Å². The van der Waals surface area contributed by atoms with E-state index < -0.39 is 0 Å². The topological polar surface area (TPSA) is 62.8 Å². The molecule has 6 nitrogen and oxygen atoms in total. The molecule has 1 aromatic carbocycles. The molecule has 2 heterocycles. The first-order chi connectivity index (χ1) is 11.3.